The number of carbonyl (C=O) groups is 1. The van der Waals surface area contributed by atoms with Crippen molar-refractivity contribution in [2.75, 3.05) is 24.5 Å². The molecule has 2 aromatic heterocycles. The van der Waals surface area contributed by atoms with Crippen LogP contribution in [-0.2, 0) is 4.79 Å². The fraction of sp³-hybridized carbons (Fsp3) is 0.375. The first-order chi connectivity index (χ1) is 10.7. The zero-order valence-corrected chi connectivity index (χ0v) is 12.4. The highest BCUT2D eigenvalue weighted by atomic mass is 16.2. The van der Waals surface area contributed by atoms with E-state index in [1.807, 2.05) is 25.1 Å². The lowest BCUT2D eigenvalue weighted by atomic mass is 10.0. The van der Waals surface area contributed by atoms with Crippen LogP contribution in [0.25, 0.3) is 11.4 Å². The van der Waals surface area contributed by atoms with E-state index in [1.54, 1.807) is 12.4 Å². The van der Waals surface area contributed by atoms with Gasteiger partial charge in [0, 0.05) is 55.3 Å². The van der Waals surface area contributed by atoms with Gasteiger partial charge in [0.1, 0.15) is 5.82 Å². The molecule has 6 heteroatoms. The van der Waals surface area contributed by atoms with Gasteiger partial charge in [0.05, 0.1) is 5.92 Å². The number of amides is 1. The van der Waals surface area contributed by atoms with E-state index < -0.39 is 0 Å². The first-order valence-corrected chi connectivity index (χ1v) is 7.49. The SMILES string of the molecule is Cc1cc(N2C[C@@H]3CNC(=O)[C@@H]3C2)nc(-c2cccnc2)n1. The van der Waals surface area contributed by atoms with E-state index in [9.17, 15) is 4.79 Å². The molecule has 2 fully saturated rings. The van der Waals surface area contributed by atoms with Gasteiger partial charge in [-0.25, -0.2) is 9.97 Å². The van der Waals surface area contributed by atoms with Crippen LogP contribution in [0.15, 0.2) is 30.6 Å². The van der Waals surface area contributed by atoms with E-state index in [2.05, 4.69) is 25.2 Å². The van der Waals surface area contributed by atoms with Crippen LogP contribution in [0.2, 0.25) is 0 Å². The van der Waals surface area contributed by atoms with Gasteiger partial charge in [-0.15, -0.1) is 0 Å². The molecule has 0 saturated carbocycles. The summed E-state index contributed by atoms with van der Waals surface area (Å²) < 4.78 is 0. The Kier molecular flexibility index (Phi) is 3.03. The molecule has 0 aromatic carbocycles. The lowest BCUT2D eigenvalue weighted by Gasteiger charge is -2.19. The maximum Gasteiger partial charge on any atom is 0.225 e. The van der Waals surface area contributed by atoms with E-state index in [-0.39, 0.29) is 11.8 Å². The molecule has 2 aliphatic rings. The molecule has 6 nitrogen and oxygen atoms in total. The van der Waals surface area contributed by atoms with Crippen LogP contribution in [-0.4, -0.2) is 40.5 Å². The summed E-state index contributed by atoms with van der Waals surface area (Å²) in [7, 11) is 0. The molecule has 22 heavy (non-hydrogen) atoms. The summed E-state index contributed by atoms with van der Waals surface area (Å²) in [4.78, 5) is 27.3. The number of fused-ring (bicyclic) bond motifs is 1. The molecule has 2 atom stereocenters. The standard InChI is InChI=1S/C16H17N5O/c1-10-5-14(20-15(19-10)11-3-2-4-17-6-11)21-8-12-7-18-16(22)13(12)9-21/h2-6,12-13H,7-9H2,1H3,(H,18,22)/t12-,13+/m0/s1. The van der Waals surface area contributed by atoms with Crippen molar-refractivity contribution >= 4 is 11.7 Å². The van der Waals surface area contributed by atoms with Gasteiger partial charge >= 0.3 is 0 Å². The van der Waals surface area contributed by atoms with Crippen LogP contribution in [0.5, 0.6) is 0 Å². The van der Waals surface area contributed by atoms with E-state index in [1.165, 1.54) is 0 Å². The summed E-state index contributed by atoms with van der Waals surface area (Å²) >= 11 is 0. The van der Waals surface area contributed by atoms with Gasteiger partial charge in [-0.1, -0.05) is 0 Å². The Bertz CT molecular complexity index is 718. The number of nitrogens with one attached hydrogen (secondary N) is 1. The van der Waals surface area contributed by atoms with Gasteiger partial charge in [0.2, 0.25) is 5.91 Å². The Balaban J connectivity index is 1.66. The van der Waals surface area contributed by atoms with Crippen LogP contribution in [0.1, 0.15) is 5.69 Å². The number of carbonyl (C=O) groups excluding carboxylic acids is 1. The summed E-state index contributed by atoms with van der Waals surface area (Å²) in [6.45, 7) is 4.35. The van der Waals surface area contributed by atoms with Crippen LogP contribution in [0.4, 0.5) is 5.82 Å². The second-order valence-electron chi connectivity index (χ2n) is 5.95. The highest BCUT2D eigenvalue weighted by Crippen LogP contribution is 2.31. The number of aryl methyl sites for hydroxylation is 1. The summed E-state index contributed by atoms with van der Waals surface area (Å²) in [5, 5.41) is 2.94. The molecular weight excluding hydrogens is 278 g/mol. The maximum absolute atomic E-state index is 11.8. The summed E-state index contributed by atoms with van der Waals surface area (Å²) in [6.07, 6.45) is 3.51. The topological polar surface area (TPSA) is 71.0 Å². The zero-order valence-electron chi connectivity index (χ0n) is 12.4. The minimum absolute atomic E-state index is 0.0945. The zero-order chi connectivity index (χ0) is 15.1. The monoisotopic (exact) mass is 295 g/mol. The Labute approximate surface area is 128 Å². The molecule has 0 bridgehead atoms. The second-order valence-corrected chi connectivity index (χ2v) is 5.95. The molecule has 2 aliphatic heterocycles. The number of anilines is 1. The molecule has 112 valence electrons. The van der Waals surface area contributed by atoms with Crippen molar-refractivity contribution in [1.82, 2.24) is 20.3 Å². The normalized spacial score (nSPS) is 23.5. The van der Waals surface area contributed by atoms with Crippen LogP contribution < -0.4 is 10.2 Å². The molecule has 2 aromatic rings. The Hall–Kier alpha value is -2.50. The minimum Gasteiger partial charge on any atom is -0.355 e. The number of aromatic nitrogens is 3. The van der Waals surface area contributed by atoms with Crippen molar-refractivity contribution in [1.29, 1.82) is 0 Å². The number of hydrogen-bond donors (Lipinski definition) is 1. The summed E-state index contributed by atoms with van der Waals surface area (Å²) in [5.41, 5.74) is 1.83. The van der Waals surface area contributed by atoms with E-state index in [0.717, 1.165) is 36.7 Å². The maximum atomic E-state index is 11.8. The quantitative estimate of drug-likeness (QED) is 0.896. The molecule has 0 unspecified atom stereocenters. The number of hydrogen-bond acceptors (Lipinski definition) is 5. The van der Waals surface area contributed by atoms with Crippen molar-refractivity contribution < 1.29 is 4.79 Å². The third-order valence-corrected chi connectivity index (χ3v) is 4.40. The minimum atomic E-state index is 0.0945. The molecule has 4 heterocycles. The molecule has 1 amide bonds. The predicted octanol–water partition coefficient (Wildman–Crippen LogP) is 1.03. The molecule has 0 aliphatic carbocycles. The molecule has 0 spiro atoms. The van der Waals surface area contributed by atoms with Gasteiger partial charge < -0.3 is 10.2 Å². The van der Waals surface area contributed by atoms with Crippen LogP contribution in [0.3, 0.4) is 0 Å². The Morgan fingerprint density at radius 2 is 2.23 bits per heavy atom. The molecular formula is C16H17N5O. The van der Waals surface area contributed by atoms with E-state index in [4.69, 9.17) is 0 Å². The van der Waals surface area contributed by atoms with E-state index in [0.29, 0.717) is 11.7 Å². The predicted molar refractivity (Wildman–Crippen MR) is 82.2 cm³/mol. The molecule has 0 radical (unpaired) electrons. The average molecular weight is 295 g/mol. The molecule has 2 saturated heterocycles. The van der Waals surface area contributed by atoms with E-state index >= 15 is 0 Å². The largest absolute Gasteiger partial charge is 0.355 e. The molecule has 4 rings (SSSR count). The van der Waals surface area contributed by atoms with Gasteiger partial charge in [0.15, 0.2) is 5.82 Å². The smallest absolute Gasteiger partial charge is 0.225 e. The Morgan fingerprint density at radius 3 is 3.00 bits per heavy atom. The first kappa shape index (κ1) is 13.2. The fourth-order valence-corrected chi connectivity index (χ4v) is 3.26. The highest BCUT2D eigenvalue weighted by molar-refractivity contribution is 5.82. The van der Waals surface area contributed by atoms with Gasteiger partial charge in [-0.3, -0.25) is 9.78 Å². The van der Waals surface area contributed by atoms with Crippen LogP contribution >= 0.6 is 0 Å². The van der Waals surface area contributed by atoms with Crippen molar-refractivity contribution in [2.45, 2.75) is 6.92 Å². The average Bonchev–Trinajstić information content (AvgIpc) is 3.10. The lowest BCUT2D eigenvalue weighted by molar-refractivity contribution is -0.122. The third kappa shape index (κ3) is 2.20. The van der Waals surface area contributed by atoms with Gasteiger partial charge in [-0.2, -0.15) is 0 Å². The molecule has 1 N–H and O–H groups in total. The second kappa shape index (κ2) is 5.05. The van der Waals surface area contributed by atoms with Crippen molar-refractivity contribution in [3.8, 4) is 11.4 Å². The number of nitrogens with zero attached hydrogens (tertiary/aromatic N) is 4. The van der Waals surface area contributed by atoms with Gasteiger partial charge in [-0.05, 0) is 19.1 Å². The summed E-state index contributed by atoms with van der Waals surface area (Å²) in [5.74, 6) is 2.24. The third-order valence-electron chi connectivity index (χ3n) is 4.40. The van der Waals surface area contributed by atoms with Crippen molar-refractivity contribution in [3.63, 3.8) is 0 Å². The highest BCUT2D eigenvalue weighted by Gasteiger charge is 2.42. The van der Waals surface area contributed by atoms with Gasteiger partial charge in [0.25, 0.3) is 0 Å². The Morgan fingerprint density at radius 1 is 1.32 bits per heavy atom. The fourth-order valence-electron chi connectivity index (χ4n) is 3.26. The number of rotatable bonds is 2. The number of pyridine rings is 1. The first-order valence-electron chi connectivity index (χ1n) is 7.49. The summed E-state index contributed by atoms with van der Waals surface area (Å²) in [6, 6.07) is 5.82. The van der Waals surface area contributed by atoms with Crippen molar-refractivity contribution in [3.05, 3.63) is 36.3 Å². The van der Waals surface area contributed by atoms with Crippen LogP contribution in [0, 0.1) is 18.8 Å². The van der Waals surface area contributed by atoms with Crippen molar-refractivity contribution in [2.24, 2.45) is 11.8 Å². The lowest BCUT2D eigenvalue weighted by Crippen LogP contribution is -2.29.